The molecule has 0 amide bonds. The zero-order valence-corrected chi connectivity index (χ0v) is 11.9. The Balaban J connectivity index is 1.99. The molecule has 8 nitrogen and oxygen atoms in total. The summed E-state index contributed by atoms with van der Waals surface area (Å²) in [6.45, 7) is 0. The Hall–Kier alpha value is -2.46. The maximum atomic E-state index is 12.2. The fourth-order valence-corrected chi connectivity index (χ4v) is 3.91. The number of aromatic nitrogens is 3. The Morgan fingerprint density at radius 3 is 2.81 bits per heavy atom. The molecule has 2 heterocycles. The van der Waals surface area contributed by atoms with Crippen molar-refractivity contribution in [2.75, 3.05) is 4.72 Å². The van der Waals surface area contributed by atoms with Gasteiger partial charge in [-0.25, -0.2) is 9.78 Å². The lowest BCUT2D eigenvalue weighted by Gasteiger charge is -2.03. The molecular weight excluding hydrogens is 316 g/mol. The third-order valence-electron chi connectivity index (χ3n) is 2.62. The molecule has 0 aliphatic carbocycles. The molecule has 0 aliphatic heterocycles. The van der Waals surface area contributed by atoms with Crippen LogP contribution in [0.2, 0.25) is 0 Å². The number of nitrogens with zero attached hydrogens (tertiary/aromatic N) is 2. The number of aromatic carboxylic acids is 1. The molecule has 1 aromatic carbocycles. The van der Waals surface area contributed by atoms with Gasteiger partial charge in [-0.05, 0) is 12.1 Å². The maximum Gasteiger partial charge on any atom is 0.340 e. The first-order valence-corrected chi connectivity index (χ1v) is 7.92. The fraction of sp³-hybridized carbons (Fsp3) is 0. The van der Waals surface area contributed by atoms with Gasteiger partial charge >= 0.3 is 5.97 Å². The third-order valence-corrected chi connectivity index (χ3v) is 5.01. The number of aromatic amines is 1. The van der Waals surface area contributed by atoms with Crippen LogP contribution in [0.3, 0.4) is 0 Å². The molecule has 108 valence electrons. The Morgan fingerprint density at radius 1 is 1.33 bits per heavy atom. The first kappa shape index (κ1) is 13.5. The maximum absolute atomic E-state index is 12.2. The van der Waals surface area contributed by atoms with E-state index >= 15 is 0 Å². The molecule has 0 radical (unpaired) electrons. The van der Waals surface area contributed by atoms with Crippen LogP contribution in [0.25, 0.3) is 10.2 Å². The summed E-state index contributed by atoms with van der Waals surface area (Å²) < 4.78 is 27.4. The molecule has 0 bridgehead atoms. The molecule has 0 atom stereocenters. The highest BCUT2D eigenvalue weighted by Gasteiger charge is 2.25. The van der Waals surface area contributed by atoms with Crippen molar-refractivity contribution in [2.45, 2.75) is 5.03 Å². The van der Waals surface area contributed by atoms with Gasteiger partial charge in [0.1, 0.15) is 5.56 Å². The van der Waals surface area contributed by atoms with Crippen LogP contribution in [0.1, 0.15) is 10.4 Å². The van der Waals surface area contributed by atoms with E-state index < -0.39 is 26.6 Å². The Bertz CT molecular complexity index is 896. The van der Waals surface area contributed by atoms with E-state index in [0.717, 1.165) is 22.2 Å². The minimum absolute atomic E-state index is 0.155. The normalized spacial score (nSPS) is 11.6. The minimum Gasteiger partial charge on any atom is -0.478 e. The second kappa shape index (κ2) is 4.82. The van der Waals surface area contributed by atoms with E-state index in [4.69, 9.17) is 5.11 Å². The summed E-state index contributed by atoms with van der Waals surface area (Å²) in [7, 11) is -4.09. The van der Waals surface area contributed by atoms with Gasteiger partial charge in [-0.1, -0.05) is 23.5 Å². The third kappa shape index (κ3) is 2.45. The van der Waals surface area contributed by atoms with E-state index in [-0.39, 0.29) is 5.13 Å². The summed E-state index contributed by atoms with van der Waals surface area (Å²) >= 11 is 1.15. The zero-order valence-electron chi connectivity index (χ0n) is 10.3. The number of hydrogen-bond donors (Lipinski definition) is 3. The number of carboxylic acid groups (broad SMARTS) is 1. The van der Waals surface area contributed by atoms with Gasteiger partial charge in [0.25, 0.3) is 10.0 Å². The molecule has 0 saturated heterocycles. The van der Waals surface area contributed by atoms with E-state index in [2.05, 4.69) is 19.9 Å². The lowest BCUT2D eigenvalue weighted by molar-refractivity contribution is 0.0692. The number of carboxylic acids is 1. The highest BCUT2D eigenvalue weighted by Crippen LogP contribution is 2.27. The summed E-state index contributed by atoms with van der Waals surface area (Å²) in [4.78, 5) is 15.1. The summed E-state index contributed by atoms with van der Waals surface area (Å²) in [6.07, 6.45) is 0.940. The average molecular weight is 324 g/mol. The molecule has 3 N–H and O–H groups in total. The van der Waals surface area contributed by atoms with Crippen molar-refractivity contribution in [2.24, 2.45) is 0 Å². The Morgan fingerprint density at radius 2 is 2.10 bits per heavy atom. The van der Waals surface area contributed by atoms with Gasteiger partial charge in [-0.2, -0.15) is 13.5 Å². The van der Waals surface area contributed by atoms with Crippen molar-refractivity contribution >= 4 is 42.7 Å². The van der Waals surface area contributed by atoms with Gasteiger partial charge < -0.3 is 5.11 Å². The van der Waals surface area contributed by atoms with Crippen molar-refractivity contribution < 1.29 is 18.3 Å². The molecule has 0 unspecified atom stereocenters. The molecule has 0 fully saturated rings. The number of carbonyl (C=O) groups is 1. The lowest BCUT2D eigenvalue weighted by atomic mass is 10.3. The predicted octanol–water partition coefficient (Wildman–Crippen LogP) is 1.52. The van der Waals surface area contributed by atoms with Crippen LogP contribution >= 0.6 is 11.3 Å². The number of sulfonamides is 1. The standard InChI is InChI=1S/C11H8N4O4S2/c16-10(17)6-5-12-14-9(6)21(18,19)15-11-13-7-3-1-2-4-8(7)20-11/h1-5H,(H,12,14)(H,13,15)(H,16,17). The number of rotatable bonds is 4. The van der Waals surface area contributed by atoms with Gasteiger partial charge in [0.05, 0.1) is 16.4 Å². The summed E-state index contributed by atoms with van der Waals surface area (Å²) in [5.41, 5.74) is 0.229. The van der Waals surface area contributed by atoms with Crippen molar-refractivity contribution in [3.63, 3.8) is 0 Å². The van der Waals surface area contributed by atoms with Crippen LogP contribution in [0.4, 0.5) is 5.13 Å². The van der Waals surface area contributed by atoms with Crippen LogP contribution in [0.15, 0.2) is 35.5 Å². The molecule has 21 heavy (non-hydrogen) atoms. The van der Waals surface area contributed by atoms with E-state index in [1.165, 1.54) is 0 Å². The predicted molar refractivity (Wildman–Crippen MR) is 76.0 cm³/mol. The van der Waals surface area contributed by atoms with Gasteiger partial charge in [-0.3, -0.25) is 9.82 Å². The Kier molecular flexibility index (Phi) is 3.11. The van der Waals surface area contributed by atoms with Crippen molar-refractivity contribution in [1.82, 2.24) is 15.2 Å². The smallest absolute Gasteiger partial charge is 0.340 e. The summed E-state index contributed by atoms with van der Waals surface area (Å²) in [5, 5.41) is 14.2. The molecule has 0 aliphatic rings. The number of thiazole rings is 1. The first-order chi connectivity index (χ1) is 9.97. The molecule has 3 aromatic rings. The van der Waals surface area contributed by atoms with Gasteiger partial charge in [0.15, 0.2) is 10.2 Å². The van der Waals surface area contributed by atoms with Gasteiger partial charge in [-0.15, -0.1) is 0 Å². The van der Waals surface area contributed by atoms with Crippen molar-refractivity contribution in [1.29, 1.82) is 0 Å². The highest BCUT2D eigenvalue weighted by atomic mass is 32.2. The molecule has 3 rings (SSSR count). The van der Waals surface area contributed by atoms with E-state index in [1.54, 1.807) is 12.1 Å². The highest BCUT2D eigenvalue weighted by molar-refractivity contribution is 7.93. The number of H-pyrrole nitrogens is 1. The monoisotopic (exact) mass is 324 g/mol. The largest absolute Gasteiger partial charge is 0.478 e. The summed E-state index contributed by atoms with van der Waals surface area (Å²) in [5.74, 6) is -1.38. The van der Waals surface area contributed by atoms with Crippen LogP contribution in [-0.2, 0) is 10.0 Å². The summed E-state index contributed by atoms with van der Waals surface area (Å²) in [6, 6.07) is 7.17. The van der Waals surface area contributed by atoms with E-state index in [9.17, 15) is 13.2 Å². The SMILES string of the molecule is O=C(O)c1cn[nH]c1S(=O)(=O)Nc1nc2ccccc2s1. The van der Waals surface area contributed by atoms with Crippen LogP contribution < -0.4 is 4.72 Å². The minimum atomic E-state index is -4.09. The number of benzene rings is 1. The van der Waals surface area contributed by atoms with E-state index in [0.29, 0.717) is 5.52 Å². The molecule has 0 spiro atoms. The molecular formula is C11H8N4O4S2. The van der Waals surface area contributed by atoms with Gasteiger partial charge in [0, 0.05) is 0 Å². The quantitative estimate of drug-likeness (QED) is 0.668. The number of hydrogen-bond acceptors (Lipinski definition) is 6. The number of para-hydroxylation sites is 1. The Labute approximate surface area is 122 Å². The van der Waals surface area contributed by atoms with Gasteiger partial charge in [0.2, 0.25) is 0 Å². The number of fused-ring (bicyclic) bond motifs is 1. The van der Waals surface area contributed by atoms with Crippen molar-refractivity contribution in [3.05, 3.63) is 36.0 Å². The van der Waals surface area contributed by atoms with Crippen LogP contribution in [-0.4, -0.2) is 34.7 Å². The fourth-order valence-electron chi connectivity index (χ4n) is 1.71. The number of anilines is 1. The van der Waals surface area contributed by atoms with E-state index in [1.807, 2.05) is 12.1 Å². The molecule has 10 heteroatoms. The van der Waals surface area contributed by atoms with Crippen LogP contribution in [0, 0.1) is 0 Å². The molecule has 0 saturated carbocycles. The number of nitrogens with one attached hydrogen (secondary N) is 2. The lowest BCUT2D eigenvalue weighted by Crippen LogP contribution is -2.16. The molecule has 2 aromatic heterocycles. The zero-order chi connectivity index (χ0) is 15.0. The van der Waals surface area contributed by atoms with Crippen LogP contribution in [0.5, 0.6) is 0 Å². The topological polar surface area (TPSA) is 125 Å². The second-order valence-electron chi connectivity index (χ2n) is 4.01. The average Bonchev–Trinajstić information content (AvgIpc) is 3.04. The second-order valence-corrected chi connectivity index (χ2v) is 6.66. The first-order valence-electron chi connectivity index (χ1n) is 5.62. The van der Waals surface area contributed by atoms with Crippen molar-refractivity contribution in [3.8, 4) is 0 Å².